The van der Waals surface area contributed by atoms with E-state index < -0.39 is 11.0 Å². The maximum absolute atomic E-state index is 11.7. The molecule has 1 aromatic rings. The zero-order valence-corrected chi connectivity index (χ0v) is 11.4. The summed E-state index contributed by atoms with van der Waals surface area (Å²) in [5, 5.41) is 16.6. The van der Waals surface area contributed by atoms with Gasteiger partial charge in [-0.25, -0.2) is 0 Å². The predicted molar refractivity (Wildman–Crippen MR) is 74.4 cm³/mol. The van der Waals surface area contributed by atoms with Crippen LogP contribution in [-0.2, 0) is 4.79 Å². The largest absolute Gasteiger partial charge is 0.388 e. The van der Waals surface area contributed by atoms with Crippen molar-refractivity contribution in [1.82, 2.24) is 4.90 Å². The van der Waals surface area contributed by atoms with E-state index in [1.807, 2.05) is 0 Å². The van der Waals surface area contributed by atoms with Crippen molar-refractivity contribution in [2.45, 2.75) is 13.0 Å². The molecule has 19 heavy (non-hydrogen) atoms. The van der Waals surface area contributed by atoms with Gasteiger partial charge >= 0.3 is 0 Å². The lowest BCUT2D eigenvalue weighted by Crippen LogP contribution is -2.36. The highest BCUT2D eigenvalue weighted by Crippen LogP contribution is 2.24. The third kappa shape index (κ3) is 3.84. The van der Waals surface area contributed by atoms with Crippen LogP contribution < -0.4 is 10.6 Å². The third-order valence-corrected chi connectivity index (χ3v) is 2.61. The van der Waals surface area contributed by atoms with Gasteiger partial charge in [0, 0.05) is 44.7 Å². The molecule has 0 saturated heterocycles. The second-order valence-corrected chi connectivity index (χ2v) is 4.37. The molecule has 0 aromatic heterocycles. The molecule has 0 radical (unpaired) electrons. The van der Waals surface area contributed by atoms with E-state index in [1.165, 1.54) is 17.0 Å². The fraction of sp³-hybridized carbons (Fsp3) is 0.417. The molecule has 0 saturated carbocycles. The van der Waals surface area contributed by atoms with Crippen molar-refractivity contribution >= 4 is 23.0 Å². The average Bonchev–Trinajstić information content (AvgIpc) is 2.36. The van der Waals surface area contributed by atoms with Gasteiger partial charge < -0.3 is 15.5 Å². The molecular weight excluding hydrogens is 248 g/mol. The molecule has 0 fully saturated rings. The maximum Gasteiger partial charge on any atom is 0.273 e. The van der Waals surface area contributed by atoms with Crippen LogP contribution in [0.5, 0.6) is 0 Å². The Labute approximate surface area is 111 Å². The summed E-state index contributed by atoms with van der Waals surface area (Å²) in [4.78, 5) is 23.6. The SMILES string of the molecule is CNc1cc(NC(C)C(=O)N(C)C)cc([N+](=O)[O-])c1. The van der Waals surface area contributed by atoms with Gasteiger partial charge in [-0.15, -0.1) is 0 Å². The van der Waals surface area contributed by atoms with Gasteiger partial charge in [0.2, 0.25) is 5.91 Å². The molecule has 1 unspecified atom stereocenters. The van der Waals surface area contributed by atoms with Gasteiger partial charge in [-0.2, -0.15) is 0 Å². The zero-order chi connectivity index (χ0) is 14.6. The molecule has 1 atom stereocenters. The van der Waals surface area contributed by atoms with Crippen molar-refractivity contribution in [2.24, 2.45) is 0 Å². The Balaban J connectivity index is 2.97. The van der Waals surface area contributed by atoms with Crippen molar-refractivity contribution < 1.29 is 9.72 Å². The average molecular weight is 266 g/mol. The minimum atomic E-state index is -0.468. The Kier molecular flexibility index (Phi) is 4.68. The van der Waals surface area contributed by atoms with Crippen LogP contribution in [-0.4, -0.2) is 42.9 Å². The molecule has 1 amide bonds. The molecule has 0 aliphatic heterocycles. The maximum atomic E-state index is 11.7. The fourth-order valence-corrected chi connectivity index (χ4v) is 1.64. The van der Waals surface area contributed by atoms with Gasteiger partial charge in [-0.3, -0.25) is 14.9 Å². The molecule has 0 spiro atoms. The first kappa shape index (κ1) is 14.7. The van der Waals surface area contributed by atoms with Gasteiger partial charge in [0.1, 0.15) is 6.04 Å². The lowest BCUT2D eigenvalue weighted by atomic mass is 10.2. The predicted octanol–water partition coefficient (Wildman–Crippen LogP) is 1.53. The number of benzene rings is 1. The number of anilines is 2. The second kappa shape index (κ2) is 6.03. The van der Waals surface area contributed by atoms with Crippen LogP contribution in [0.15, 0.2) is 18.2 Å². The minimum absolute atomic E-state index is 0.0288. The number of non-ortho nitro benzene ring substituents is 1. The Morgan fingerprint density at radius 1 is 1.32 bits per heavy atom. The molecule has 104 valence electrons. The monoisotopic (exact) mass is 266 g/mol. The second-order valence-electron chi connectivity index (χ2n) is 4.37. The fourth-order valence-electron chi connectivity index (χ4n) is 1.64. The number of carbonyl (C=O) groups excluding carboxylic acids is 1. The van der Waals surface area contributed by atoms with Crippen molar-refractivity contribution in [2.75, 3.05) is 31.8 Å². The van der Waals surface area contributed by atoms with Crippen molar-refractivity contribution in [3.05, 3.63) is 28.3 Å². The quantitative estimate of drug-likeness (QED) is 0.623. The van der Waals surface area contributed by atoms with Crippen LogP contribution in [0, 0.1) is 10.1 Å². The Hall–Kier alpha value is -2.31. The number of nitrogens with one attached hydrogen (secondary N) is 2. The molecule has 1 rings (SSSR count). The first-order valence-electron chi connectivity index (χ1n) is 5.80. The number of rotatable bonds is 5. The van der Waals surface area contributed by atoms with Crippen LogP contribution in [0.4, 0.5) is 17.1 Å². The number of nitrogens with zero attached hydrogens (tertiary/aromatic N) is 2. The summed E-state index contributed by atoms with van der Waals surface area (Å²) in [5.41, 5.74) is 1.11. The zero-order valence-electron chi connectivity index (χ0n) is 11.4. The molecule has 2 N–H and O–H groups in total. The highest BCUT2D eigenvalue weighted by atomic mass is 16.6. The lowest BCUT2D eigenvalue weighted by molar-refractivity contribution is -0.384. The Bertz CT molecular complexity index is 488. The third-order valence-electron chi connectivity index (χ3n) is 2.61. The Morgan fingerprint density at radius 2 is 1.89 bits per heavy atom. The topological polar surface area (TPSA) is 87.5 Å². The standard InChI is InChI=1S/C12H18N4O3/c1-8(12(17)15(3)4)14-10-5-9(13-2)6-11(7-10)16(18)19/h5-8,13-14H,1-4H3. The summed E-state index contributed by atoms with van der Waals surface area (Å²) >= 11 is 0. The first-order chi connectivity index (χ1) is 8.85. The Morgan fingerprint density at radius 3 is 2.37 bits per heavy atom. The number of hydrogen-bond acceptors (Lipinski definition) is 5. The molecule has 1 aromatic carbocycles. The van der Waals surface area contributed by atoms with Crippen molar-refractivity contribution in [1.29, 1.82) is 0 Å². The van der Waals surface area contributed by atoms with E-state index in [0.717, 1.165) is 0 Å². The summed E-state index contributed by atoms with van der Waals surface area (Å²) in [6.07, 6.45) is 0. The van der Waals surface area contributed by atoms with Crippen molar-refractivity contribution in [3.8, 4) is 0 Å². The van der Waals surface area contributed by atoms with Gasteiger partial charge in [-0.1, -0.05) is 0 Å². The number of hydrogen-bond donors (Lipinski definition) is 2. The van der Waals surface area contributed by atoms with E-state index >= 15 is 0 Å². The number of amides is 1. The van der Waals surface area contributed by atoms with Crippen LogP contribution in [0.25, 0.3) is 0 Å². The van der Waals surface area contributed by atoms with Gasteiger partial charge in [0.05, 0.1) is 4.92 Å². The molecule has 0 aliphatic carbocycles. The van der Waals surface area contributed by atoms with Gasteiger partial charge in [-0.05, 0) is 13.0 Å². The summed E-state index contributed by atoms with van der Waals surface area (Å²) in [5.74, 6) is -0.0995. The molecule has 0 bridgehead atoms. The highest BCUT2D eigenvalue weighted by molar-refractivity contribution is 5.84. The normalized spacial score (nSPS) is 11.6. The molecule has 7 nitrogen and oxygen atoms in total. The summed E-state index contributed by atoms with van der Waals surface area (Å²) in [6.45, 7) is 1.71. The number of nitro benzene ring substituents is 1. The van der Waals surface area contributed by atoms with Gasteiger partial charge in [0.15, 0.2) is 0 Å². The van der Waals surface area contributed by atoms with Crippen LogP contribution in [0.3, 0.4) is 0 Å². The van der Waals surface area contributed by atoms with Crippen LogP contribution >= 0.6 is 0 Å². The summed E-state index contributed by atoms with van der Waals surface area (Å²) < 4.78 is 0. The van der Waals surface area contributed by atoms with Gasteiger partial charge in [0.25, 0.3) is 5.69 Å². The van der Waals surface area contributed by atoms with Crippen LogP contribution in [0.2, 0.25) is 0 Å². The smallest absolute Gasteiger partial charge is 0.273 e. The highest BCUT2D eigenvalue weighted by Gasteiger charge is 2.16. The van der Waals surface area contributed by atoms with E-state index in [4.69, 9.17) is 0 Å². The van der Waals surface area contributed by atoms with E-state index in [9.17, 15) is 14.9 Å². The van der Waals surface area contributed by atoms with E-state index in [2.05, 4.69) is 10.6 Å². The lowest BCUT2D eigenvalue weighted by Gasteiger charge is -2.19. The van der Waals surface area contributed by atoms with E-state index in [1.54, 1.807) is 34.1 Å². The first-order valence-corrected chi connectivity index (χ1v) is 5.80. The summed E-state index contributed by atoms with van der Waals surface area (Å²) in [7, 11) is 5.00. The van der Waals surface area contributed by atoms with Crippen LogP contribution in [0.1, 0.15) is 6.92 Å². The number of nitro groups is 1. The number of carbonyl (C=O) groups is 1. The van der Waals surface area contributed by atoms with E-state index in [-0.39, 0.29) is 11.6 Å². The number of likely N-dealkylation sites (N-methyl/N-ethyl adjacent to an activating group) is 1. The van der Waals surface area contributed by atoms with E-state index in [0.29, 0.717) is 11.4 Å². The minimum Gasteiger partial charge on any atom is -0.388 e. The molecular formula is C12H18N4O3. The molecule has 0 heterocycles. The molecule has 0 aliphatic rings. The van der Waals surface area contributed by atoms with Crippen molar-refractivity contribution in [3.63, 3.8) is 0 Å². The molecule has 7 heteroatoms. The summed E-state index contributed by atoms with van der Waals surface area (Å²) in [6, 6.07) is 4.10.